The van der Waals surface area contributed by atoms with Gasteiger partial charge in [-0.25, -0.2) is 0 Å². The predicted molar refractivity (Wildman–Crippen MR) is 94.2 cm³/mol. The first kappa shape index (κ1) is 16.8. The molecule has 3 rings (SSSR count). The molecule has 0 saturated carbocycles. The van der Waals surface area contributed by atoms with E-state index >= 15 is 0 Å². The van der Waals surface area contributed by atoms with Gasteiger partial charge in [-0.05, 0) is 31.9 Å². The van der Waals surface area contributed by atoms with E-state index in [1.54, 1.807) is 7.11 Å². The van der Waals surface area contributed by atoms with Gasteiger partial charge in [-0.3, -0.25) is 0 Å². The van der Waals surface area contributed by atoms with Gasteiger partial charge >= 0.3 is 0 Å². The molecular weight excluding hydrogens is 304 g/mol. The zero-order valence-electron chi connectivity index (χ0n) is 14.5. The first-order valence-corrected chi connectivity index (χ1v) is 8.71. The van der Waals surface area contributed by atoms with Crippen LogP contribution in [0.2, 0.25) is 0 Å². The fourth-order valence-corrected chi connectivity index (χ4v) is 2.99. The van der Waals surface area contributed by atoms with E-state index in [4.69, 9.17) is 9.26 Å². The number of rotatable bonds is 6. The van der Waals surface area contributed by atoms with Gasteiger partial charge in [0.2, 0.25) is 5.89 Å². The number of ether oxygens (including phenoxy) is 1. The summed E-state index contributed by atoms with van der Waals surface area (Å²) < 4.78 is 10.5. The van der Waals surface area contributed by atoms with E-state index in [0.717, 1.165) is 18.8 Å². The van der Waals surface area contributed by atoms with Crippen LogP contribution in [0.15, 0.2) is 28.8 Å². The molecule has 0 amide bonds. The van der Waals surface area contributed by atoms with Crippen molar-refractivity contribution in [1.82, 2.24) is 10.1 Å². The molecule has 6 nitrogen and oxygen atoms in total. The Hall–Kier alpha value is -2.08. The summed E-state index contributed by atoms with van der Waals surface area (Å²) in [7, 11) is 1.64. The maximum atomic E-state index is 5.30. The van der Waals surface area contributed by atoms with E-state index in [0.29, 0.717) is 18.3 Å². The van der Waals surface area contributed by atoms with E-state index in [9.17, 15) is 0 Å². The third-order valence-electron chi connectivity index (χ3n) is 4.48. The third-order valence-corrected chi connectivity index (χ3v) is 4.48. The first-order chi connectivity index (χ1) is 11.8. The van der Waals surface area contributed by atoms with E-state index in [1.165, 1.54) is 31.4 Å². The largest absolute Gasteiger partial charge is 0.374 e. The molecule has 2 heterocycles. The molecule has 1 aliphatic rings. The zero-order valence-corrected chi connectivity index (χ0v) is 14.5. The highest BCUT2D eigenvalue weighted by Gasteiger charge is 2.15. The number of aromatic nitrogens is 2. The van der Waals surface area contributed by atoms with Crippen molar-refractivity contribution in [1.29, 1.82) is 0 Å². The number of hydrogen-bond donors (Lipinski definition) is 1. The molecule has 0 spiro atoms. The lowest BCUT2D eigenvalue weighted by molar-refractivity contribution is 0.109. The first-order valence-electron chi connectivity index (χ1n) is 8.71. The Bertz CT molecular complexity index is 635. The lowest BCUT2D eigenvalue weighted by Crippen LogP contribution is -2.24. The summed E-state index contributed by atoms with van der Waals surface area (Å²) >= 11 is 0. The minimum Gasteiger partial charge on any atom is -0.374 e. The SMILES string of the molecule is COC(C)c1noc(CNc2ccccc2N2CCCCCC2)n1. The van der Waals surface area contributed by atoms with E-state index in [1.807, 2.05) is 6.92 Å². The number of para-hydroxylation sites is 2. The molecule has 0 bridgehead atoms. The highest BCUT2D eigenvalue weighted by Crippen LogP contribution is 2.28. The molecule has 1 fully saturated rings. The zero-order chi connectivity index (χ0) is 16.8. The minimum atomic E-state index is -0.160. The predicted octanol–water partition coefficient (Wildman–Crippen LogP) is 3.77. The van der Waals surface area contributed by atoms with Crippen LogP contribution in [0.3, 0.4) is 0 Å². The van der Waals surface area contributed by atoms with Crippen molar-refractivity contribution in [3.8, 4) is 0 Å². The van der Waals surface area contributed by atoms with Gasteiger partial charge in [0.05, 0.1) is 17.9 Å². The lowest BCUT2D eigenvalue weighted by Gasteiger charge is -2.25. The van der Waals surface area contributed by atoms with Crippen molar-refractivity contribution in [2.45, 2.75) is 45.3 Å². The summed E-state index contributed by atoms with van der Waals surface area (Å²) in [6.07, 6.45) is 5.02. The van der Waals surface area contributed by atoms with Crippen LogP contribution in [-0.2, 0) is 11.3 Å². The smallest absolute Gasteiger partial charge is 0.246 e. The summed E-state index contributed by atoms with van der Waals surface area (Å²) in [6, 6.07) is 8.43. The van der Waals surface area contributed by atoms with Crippen molar-refractivity contribution < 1.29 is 9.26 Å². The van der Waals surface area contributed by atoms with Gasteiger partial charge in [0.1, 0.15) is 6.10 Å². The quantitative estimate of drug-likeness (QED) is 0.870. The average molecular weight is 330 g/mol. The van der Waals surface area contributed by atoms with Crippen LogP contribution >= 0.6 is 0 Å². The Labute approximate surface area is 143 Å². The molecule has 6 heteroatoms. The molecule has 130 valence electrons. The van der Waals surface area contributed by atoms with E-state index < -0.39 is 0 Å². The molecule has 1 aromatic carbocycles. The lowest BCUT2D eigenvalue weighted by atomic mass is 10.2. The number of hydrogen-bond acceptors (Lipinski definition) is 6. The minimum absolute atomic E-state index is 0.160. The van der Waals surface area contributed by atoms with Crippen LogP contribution < -0.4 is 10.2 Å². The van der Waals surface area contributed by atoms with Crippen LogP contribution in [0.5, 0.6) is 0 Å². The number of benzene rings is 1. The van der Waals surface area contributed by atoms with Crippen molar-refractivity contribution in [2.24, 2.45) is 0 Å². The van der Waals surface area contributed by atoms with Crippen molar-refractivity contribution in [3.05, 3.63) is 36.0 Å². The molecular formula is C18H26N4O2. The van der Waals surface area contributed by atoms with Gasteiger partial charge in [0, 0.05) is 20.2 Å². The van der Waals surface area contributed by atoms with Gasteiger partial charge < -0.3 is 19.5 Å². The van der Waals surface area contributed by atoms with Crippen LogP contribution in [0.1, 0.15) is 50.4 Å². The Morgan fingerprint density at radius 1 is 1.21 bits per heavy atom. The molecule has 1 unspecified atom stereocenters. The maximum Gasteiger partial charge on any atom is 0.246 e. The highest BCUT2D eigenvalue weighted by molar-refractivity contribution is 5.70. The summed E-state index contributed by atoms with van der Waals surface area (Å²) in [4.78, 5) is 6.85. The topological polar surface area (TPSA) is 63.4 Å². The number of nitrogens with zero attached hydrogens (tertiary/aromatic N) is 3. The molecule has 1 N–H and O–H groups in total. The van der Waals surface area contributed by atoms with Crippen molar-refractivity contribution in [3.63, 3.8) is 0 Å². The molecule has 0 radical (unpaired) electrons. The number of nitrogens with one attached hydrogen (secondary N) is 1. The third kappa shape index (κ3) is 4.06. The number of anilines is 2. The van der Waals surface area contributed by atoms with E-state index in [2.05, 4.69) is 44.6 Å². The van der Waals surface area contributed by atoms with Gasteiger partial charge in [-0.15, -0.1) is 0 Å². The molecule has 1 saturated heterocycles. The summed E-state index contributed by atoms with van der Waals surface area (Å²) in [5.41, 5.74) is 2.36. The normalized spacial score (nSPS) is 16.7. The molecule has 1 atom stereocenters. The average Bonchev–Trinajstić information content (AvgIpc) is 2.93. The van der Waals surface area contributed by atoms with Gasteiger partial charge in [0.25, 0.3) is 0 Å². The summed E-state index contributed by atoms with van der Waals surface area (Å²) in [5.74, 6) is 1.15. The van der Waals surface area contributed by atoms with Crippen LogP contribution in [0, 0.1) is 0 Å². The fraction of sp³-hybridized carbons (Fsp3) is 0.556. The summed E-state index contributed by atoms with van der Waals surface area (Å²) in [6.45, 7) is 4.65. The van der Waals surface area contributed by atoms with Gasteiger partial charge in [-0.1, -0.05) is 30.1 Å². The Balaban J connectivity index is 1.67. The van der Waals surface area contributed by atoms with Crippen LogP contribution in [-0.4, -0.2) is 30.3 Å². The summed E-state index contributed by atoms with van der Waals surface area (Å²) in [5, 5.41) is 7.40. The highest BCUT2D eigenvalue weighted by atomic mass is 16.5. The second-order valence-electron chi connectivity index (χ2n) is 6.20. The maximum absolute atomic E-state index is 5.30. The Morgan fingerprint density at radius 2 is 1.96 bits per heavy atom. The van der Waals surface area contributed by atoms with Crippen molar-refractivity contribution in [2.75, 3.05) is 30.4 Å². The Kier molecular flexibility index (Phi) is 5.69. The standard InChI is InChI=1S/C18H26N4O2/c1-14(23-2)18-20-17(24-21-18)13-19-15-9-5-6-10-16(15)22-11-7-3-4-8-12-22/h5-6,9-10,14,19H,3-4,7-8,11-13H2,1-2H3. The fourth-order valence-electron chi connectivity index (χ4n) is 2.99. The van der Waals surface area contributed by atoms with Gasteiger partial charge in [0.15, 0.2) is 5.82 Å². The number of methoxy groups -OCH3 is 1. The monoisotopic (exact) mass is 330 g/mol. The molecule has 1 aromatic heterocycles. The molecule has 1 aliphatic heterocycles. The van der Waals surface area contributed by atoms with E-state index in [-0.39, 0.29) is 6.10 Å². The van der Waals surface area contributed by atoms with Gasteiger partial charge in [-0.2, -0.15) is 4.98 Å². The second kappa shape index (κ2) is 8.15. The molecule has 24 heavy (non-hydrogen) atoms. The van der Waals surface area contributed by atoms with Crippen LogP contribution in [0.4, 0.5) is 11.4 Å². The van der Waals surface area contributed by atoms with Crippen molar-refractivity contribution >= 4 is 11.4 Å². The molecule has 2 aromatic rings. The molecule has 0 aliphatic carbocycles. The second-order valence-corrected chi connectivity index (χ2v) is 6.20. The van der Waals surface area contributed by atoms with Crippen LogP contribution in [0.25, 0.3) is 0 Å². The Morgan fingerprint density at radius 3 is 2.71 bits per heavy atom.